The van der Waals surface area contributed by atoms with Crippen LogP contribution >= 0.6 is 24.8 Å². The van der Waals surface area contributed by atoms with Crippen LogP contribution in [0, 0.1) is 0 Å². The van der Waals surface area contributed by atoms with E-state index in [2.05, 4.69) is 39.9 Å². The molecule has 0 saturated carbocycles. The second-order valence-electron chi connectivity index (χ2n) is 3.99. The lowest BCUT2D eigenvalue weighted by atomic mass is 10.3. The summed E-state index contributed by atoms with van der Waals surface area (Å²) in [5.41, 5.74) is 2.53. The van der Waals surface area contributed by atoms with Crippen LogP contribution in [0.5, 0.6) is 0 Å². The number of nitrogens with zero attached hydrogens (tertiary/aromatic N) is 3. The summed E-state index contributed by atoms with van der Waals surface area (Å²) < 4.78 is 2.13. The highest BCUT2D eigenvalue weighted by Gasteiger charge is 2.12. The Kier molecular flexibility index (Phi) is 7.79. The third-order valence-corrected chi connectivity index (χ3v) is 3.00. The first-order valence-corrected chi connectivity index (χ1v) is 5.82. The highest BCUT2D eigenvalue weighted by atomic mass is 35.5. The average Bonchev–Trinajstić information content (AvgIpc) is 2.68. The van der Waals surface area contributed by atoms with E-state index in [4.69, 9.17) is 0 Å². The van der Waals surface area contributed by atoms with Gasteiger partial charge >= 0.3 is 0 Å². The first kappa shape index (κ1) is 16.7. The van der Waals surface area contributed by atoms with Crippen molar-refractivity contribution in [2.24, 2.45) is 0 Å². The topological polar surface area (TPSA) is 33.1 Å². The molecule has 0 unspecified atom stereocenters. The maximum absolute atomic E-state index is 4.62. The van der Waals surface area contributed by atoms with Crippen LogP contribution in [0.25, 0.3) is 0 Å². The van der Waals surface area contributed by atoms with Crippen molar-refractivity contribution in [3.8, 4) is 0 Å². The van der Waals surface area contributed by atoms with Gasteiger partial charge in [-0.05, 0) is 19.2 Å². The van der Waals surface area contributed by atoms with E-state index in [1.54, 1.807) is 0 Å². The lowest BCUT2D eigenvalue weighted by Gasteiger charge is -2.15. The van der Waals surface area contributed by atoms with E-state index in [9.17, 15) is 0 Å². The van der Waals surface area contributed by atoms with Crippen molar-refractivity contribution in [3.63, 3.8) is 0 Å². The van der Waals surface area contributed by atoms with Crippen LogP contribution in [0.2, 0.25) is 0 Å². The van der Waals surface area contributed by atoms with Crippen molar-refractivity contribution in [3.05, 3.63) is 17.5 Å². The van der Waals surface area contributed by atoms with Crippen LogP contribution in [0.4, 0.5) is 0 Å². The van der Waals surface area contributed by atoms with Crippen molar-refractivity contribution >= 4 is 24.8 Å². The number of halogens is 2. The molecule has 1 aromatic heterocycles. The Bertz CT molecular complexity index is 300. The molecule has 6 heteroatoms. The third kappa shape index (κ3) is 4.14. The molecular formula is C11H22Cl2N4. The van der Waals surface area contributed by atoms with Gasteiger partial charge in [0.1, 0.15) is 0 Å². The molecule has 17 heavy (non-hydrogen) atoms. The minimum Gasteiger partial charge on any atom is -0.309 e. The molecule has 0 amide bonds. The van der Waals surface area contributed by atoms with Gasteiger partial charge in [0.25, 0.3) is 0 Å². The molecule has 0 radical (unpaired) electrons. The van der Waals surface area contributed by atoms with Crippen molar-refractivity contribution < 1.29 is 0 Å². The summed E-state index contributed by atoms with van der Waals surface area (Å²) in [5, 5.41) is 7.98. The molecule has 1 aliphatic heterocycles. The molecule has 0 saturated heterocycles. The Hall–Kier alpha value is -0.290. The van der Waals surface area contributed by atoms with Crippen LogP contribution in [0.15, 0.2) is 6.07 Å². The van der Waals surface area contributed by atoms with Crippen molar-refractivity contribution in [1.29, 1.82) is 0 Å². The van der Waals surface area contributed by atoms with Crippen LogP contribution in [0.1, 0.15) is 25.2 Å². The molecular weight excluding hydrogens is 259 g/mol. The van der Waals surface area contributed by atoms with Crippen LogP contribution in [-0.2, 0) is 19.6 Å². The highest BCUT2D eigenvalue weighted by molar-refractivity contribution is 5.85. The van der Waals surface area contributed by atoms with Gasteiger partial charge in [0.05, 0.1) is 17.9 Å². The van der Waals surface area contributed by atoms with E-state index < -0.39 is 0 Å². The molecule has 4 nitrogen and oxygen atoms in total. The first-order valence-electron chi connectivity index (χ1n) is 5.82. The van der Waals surface area contributed by atoms with Gasteiger partial charge in [0.15, 0.2) is 0 Å². The molecule has 0 spiro atoms. The standard InChI is InChI=1S/C11H20N4.2ClH/c1-3-14(4-2)9-10-7-11-8-12-5-6-15(11)13-10;;/h7,12H,3-6,8-9H2,1-2H3;2*1H. The Labute approximate surface area is 116 Å². The molecule has 1 aromatic rings. The van der Waals surface area contributed by atoms with E-state index >= 15 is 0 Å². The molecule has 2 heterocycles. The van der Waals surface area contributed by atoms with Gasteiger partial charge in [-0.15, -0.1) is 24.8 Å². The van der Waals surface area contributed by atoms with E-state index in [1.165, 1.54) is 11.4 Å². The zero-order valence-corrected chi connectivity index (χ0v) is 12.1. The second-order valence-corrected chi connectivity index (χ2v) is 3.99. The summed E-state index contributed by atoms with van der Waals surface area (Å²) in [6.45, 7) is 10.6. The molecule has 0 atom stereocenters. The SMILES string of the molecule is CCN(CC)Cc1cc2n(n1)CCNC2.Cl.Cl. The molecule has 0 aliphatic carbocycles. The van der Waals surface area contributed by atoms with Crippen LogP contribution in [-0.4, -0.2) is 34.3 Å². The van der Waals surface area contributed by atoms with Crippen molar-refractivity contribution in [2.45, 2.75) is 33.5 Å². The number of rotatable bonds is 4. The zero-order valence-electron chi connectivity index (χ0n) is 10.5. The summed E-state index contributed by atoms with van der Waals surface area (Å²) in [6, 6.07) is 2.23. The average molecular weight is 281 g/mol. The van der Waals surface area contributed by atoms with Gasteiger partial charge in [0, 0.05) is 19.6 Å². The summed E-state index contributed by atoms with van der Waals surface area (Å²) in [4.78, 5) is 2.39. The second kappa shape index (κ2) is 7.93. The van der Waals surface area contributed by atoms with Gasteiger partial charge in [-0.25, -0.2) is 0 Å². The molecule has 0 aromatic carbocycles. The Morgan fingerprint density at radius 1 is 1.35 bits per heavy atom. The van der Waals surface area contributed by atoms with Gasteiger partial charge in [-0.3, -0.25) is 9.58 Å². The molecule has 100 valence electrons. The fourth-order valence-corrected chi connectivity index (χ4v) is 2.01. The number of hydrogen-bond donors (Lipinski definition) is 1. The van der Waals surface area contributed by atoms with Gasteiger partial charge < -0.3 is 5.32 Å². The predicted octanol–water partition coefficient (Wildman–Crippen LogP) is 1.67. The molecule has 1 N–H and O–H groups in total. The molecule has 2 rings (SSSR count). The monoisotopic (exact) mass is 280 g/mol. The minimum atomic E-state index is 0. The summed E-state index contributed by atoms with van der Waals surface area (Å²) >= 11 is 0. The predicted molar refractivity (Wildman–Crippen MR) is 75.1 cm³/mol. The molecule has 0 bridgehead atoms. The fourth-order valence-electron chi connectivity index (χ4n) is 2.01. The third-order valence-electron chi connectivity index (χ3n) is 3.00. The smallest absolute Gasteiger partial charge is 0.0768 e. The van der Waals surface area contributed by atoms with Crippen molar-refractivity contribution in [2.75, 3.05) is 19.6 Å². The van der Waals surface area contributed by atoms with Gasteiger partial charge in [-0.1, -0.05) is 13.8 Å². The summed E-state index contributed by atoms with van der Waals surface area (Å²) in [5.74, 6) is 0. The number of nitrogens with one attached hydrogen (secondary N) is 1. The number of aromatic nitrogens is 2. The number of hydrogen-bond acceptors (Lipinski definition) is 3. The fraction of sp³-hybridized carbons (Fsp3) is 0.727. The minimum absolute atomic E-state index is 0. The quantitative estimate of drug-likeness (QED) is 0.911. The lowest BCUT2D eigenvalue weighted by Crippen LogP contribution is -2.28. The van der Waals surface area contributed by atoms with E-state index in [-0.39, 0.29) is 24.8 Å². The maximum Gasteiger partial charge on any atom is 0.0768 e. The van der Waals surface area contributed by atoms with Crippen molar-refractivity contribution in [1.82, 2.24) is 20.0 Å². The normalized spacial score (nSPS) is 13.8. The maximum atomic E-state index is 4.62. The van der Waals surface area contributed by atoms with E-state index in [0.29, 0.717) is 0 Å². The van der Waals surface area contributed by atoms with E-state index in [0.717, 1.165) is 39.3 Å². The van der Waals surface area contributed by atoms with Crippen LogP contribution in [0.3, 0.4) is 0 Å². The van der Waals surface area contributed by atoms with Gasteiger partial charge in [-0.2, -0.15) is 5.10 Å². The Balaban J connectivity index is 0.00000128. The lowest BCUT2D eigenvalue weighted by molar-refractivity contribution is 0.290. The van der Waals surface area contributed by atoms with Crippen LogP contribution < -0.4 is 5.32 Å². The molecule has 1 aliphatic rings. The molecule has 0 fully saturated rings. The zero-order chi connectivity index (χ0) is 10.7. The number of fused-ring (bicyclic) bond motifs is 1. The summed E-state index contributed by atoms with van der Waals surface area (Å²) in [6.07, 6.45) is 0. The Morgan fingerprint density at radius 2 is 2.06 bits per heavy atom. The summed E-state index contributed by atoms with van der Waals surface area (Å²) in [7, 11) is 0. The van der Waals surface area contributed by atoms with Gasteiger partial charge in [0.2, 0.25) is 0 Å². The largest absolute Gasteiger partial charge is 0.309 e. The first-order chi connectivity index (χ1) is 7.33. The van der Waals surface area contributed by atoms with E-state index in [1.807, 2.05) is 0 Å². The Morgan fingerprint density at radius 3 is 2.65 bits per heavy atom. The highest BCUT2D eigenvalue weighted by Crippen LogP contribution is 2.09.